The zero-order chi connectivity index (χ0) is 15.7. The van der Waals surface area contributed by atoms with Crippen LogP contribution in [0, 0.1) is 0 Å². The molecule has 1 aromatic heterocycles. The number of nitrogens with zero attached hydrogens (tertiary/aromatic N) is 2. The fraction of sp³-hybridized carbons (Fsp3) is 0.750. The highest BCUT2D eigenvalue weighted by molar-refractivity contribution is 7.09. The van der Waals surface area contributed by atoms with Crippen LogP contribution in [0.2, 0.25) is 0 Å². The Morgan fingerprint density at radius 1 is 1.24 bits per heavy atom. The van der Waals surface area contributed by atoms with Crippen LogP contribution >= 0.6 is 11.3 Å². The van der Waals surface area contributed by atoms with Crippen LogP contribution < -0.4 is 10.6 Å². The minimum absolute atomic E-state index is 0.121. The fourth-order valence-corrected chi connectivity index (χ4v) is 2.71. The van der Waals surface area contributed by atoms with Gasteiger partial charge in [0.25, 0.3) is 0 Å². The van der Waals surface area contributed by atoms with Crippen molar-refractivity contribution in [2.45, 2.75) is 65.8 Å². The molecule has 0 amide bonds. The van der Waals surface area contributed by atoms with Gasteiger partial charge in [-0.3, -0.25) is 0 Å². The van der Waals surface area contributed by atoms with E-state index in [-0.39, 0.29) is 5.41 Å². The Kier molecular flexibility index (Phi) is 7.72. The molecule has 1 aromatic rings. The Hall–Kier alpha value is -1.10. The molecule has 0 aliphatic rings. The van der Waals surface area contributed by atoms with Crippen molar-refractivity contribution in [3.63, 3.8) is 0 Å². The highest BCUT2D eigenvalue weighted by Crippen LogP contribution is 2.25. The van der Waals surface area contributed by atoms with Crippen molar-refractivity contribution in [1.29, 1.82) is 0 Å². The highest BCUT2D eigenvalue weighted by atomic mass is 32.1. The van der Waals surface area contributed by atoms with Crippen LogP contribution in [-0.4, -0.2) is 24.0 Å². The number of aliphatic imine (C=N–C) groups is 1. The van der Waals surface area contributed by atoms with Crippen LogP contribution in [0.4, 0.5) is 0 Å². The zero-order valence-corrected chi connectivity index (χ0v) is 14.9. The molecule has 0 bridgehead atoms. The molecule has 0 radical (unpaired) electrons. The average Bonchev–Trinajstić information content (AvgIpc) is 2.89. The third kappa shape index (κ3) is 6.93. The minimum atomic E-state index is 0.121. The van der Waals surface area contributed by atoms with E-state index in [1.165, 1.54) is 24.3 Å². The molecule has 2 N–H and O–H groups in total. The summed E-state index contributed by atoms with van der Waals surface area (Å²) in [5.74, 6) is 0.888. The van der Waals surface area contributed by atoms with Gasteiger partial charge in [0.1, 0.15) is 0 Å². The third-order valence-corrected chi connectivity index (χ3v) is 4.33. The smallest absolute Gasteiger partial charge is 0.191 e. The second kappa shape index (κ2) is 9.03. The molecule has 0 fully saturated rings. The quantitative estimate of drug-likeness (QED) is 0.459. The molecule has 0 aliphatic heterocycles. The van der Waals surface area contributed by atoms with Crippen molar-refractivity contribution in [3.05, 3.63) is 16.1 Å². The molecule has 0 aromatic carbocycles. The van der Waals surface area contributed by atoms with Crippen LogP contribution in [0.25, 0.3) is 0 Å². The van der Waals surface area contributed by atoms with Crippen LogP contribution in [0.1, 0.15) is 64.6 Å². The van der Waals surface area contributed by atoms with Gasteiger partial charge in [0.15, 0.2) is 5.96 Å². The maximum atomic E-state index is 4.68. The lowest BCUT2D eigenvalue weighted by Crippen LogP contribution is -2.37. The second-order valence-electron chi connectivity index (χ2n) is 6.22. The predicted octanol–water partition coefficient (Wildman–Crippen LogP) is 3.69. The predicted molar refractivity (Wildman–Crippen MR) is 93.2 cm³/mol. The third-order valence-electron chi connectivity index (χ3n) is 3.01. The number of hydrogen-bond donors (Lipinski definition) is 2. The van der Waals surface area contributed by atoms with Gasteiger partial charge < -0.3 is 10.6 Å². The first kappa shape index (κ1) is 18.0. The number of nitrogens with one attached hydrogen (secondary N) is 2. The van der Waals surface area contributed by atoms with E-state index in [9.17, 15) is 0 Å². The molecule has 21 heavy (non-hydrogen) atoms. The Balaban J connectivity index is 2.54. The molecule has 4 nitrogen and oxygen atoms in total. The Labute approximate surface area is 133 Å². The van der Waals surface area contributed by atoms with Gasteiger partial charge in [0.05, 0.1) is 17.2 Å². The van der Waals surface area contributed by atoms with Crippen LogP contribution in [-0.2, 0) is 12.0 Å². The van der Waals surface area contributed by atoms with E-state index in [0.717, 1.165) is 24.7 Å². The molecule has 0 atom stereocenters. The minimum Gasteiger partial charge on any atom is -0.357 e. The molecule has 0 saturated heterocycles. The largest absolute Gasteiger partial charge is 0.357 e. The molecular weight excluding hydrogens is 280 g/mol. The molecule has 120 valence electrons. The number of thiazole rings is 1. The number of aromatic nitrogens is 1. The summed E-state index contributed by atoms with van der Waals surface area (Å²) in [5, 5.41) is 9.95. The van der Waals surface area contributed by atoms with Gasteiger partial charge in [-0.05, 0) is 13.3 Å². The summed E-state index contributed by atoms with van der Waals surface area (Å²) in [6.45, 7) is 13.4. The number of hydrogen-bond acceptors (Lipinski definition) is 3. The van der Waals surface area contributed by atoms with Gasteiger partial charge >= 0.3 is 0 Å². The topological polar surface area (TPSA) is 49.3 Å². The summed E-state index contributed by atoms with van der Waals surface area (Å²) >= 11 is 1.72. The first-order chi connectivity index (χ1) is 9.97. The molecular formula is C16H30N4S. The number of unbranched alkanes of at least 4 members (excludes halogenated alkanes) is 2. The Bertz CT molecular complexity index is 432. The maximum absolute atomic E-state index is 4.68. The van der Waals surface area contributed by atoms with E-state index in [4.69, 9.17) is 0 Å². The lowest BCUT2D eigenvalue weighted by molar-refractivity contribution is 0.583. The standard InChI is InChI=1S/C16H30N4S/c1-6-8-9-10-18-15(17-7-2)19-11-13-12-21-14(20-13)16(3,4)5/h12H,6-11H2,1-5H3,(H2,17,18,19). The monoisotopic (exact) mass is 310 g/mol. The van der Waals surface area contributed by atoms with Gasteiger partial charge in [-0.25, -0.2) is 9.98 Å². The van der Waals surface area contributed by atoms with E-state index in [1.54, 1.807) is 11.3 Å². The summed E-state index contributed by atoms with van der Waals surface area (Å²) in [6.07, 6.45) is 3.68. The van der Waals surface area contributed by atoms with Gasteiger partial charge in [-0.2, -0.15) is 0 Å². The van der Waals surface area contributed by atoms with E-state index in [1.807, 2.05) is 0 Å². The average molecular weight is 311 g/mol. The second-order valence-corrected chi connectivity index (χ2v) is 7.08. The lowest BCUT2D eigenvalue weighted by Gasteiger charge is -2.13. The van der Waals surface area contributed by atoms with Crippen molar-refractivity contribution < 1.29 is 0 Å². The maximum Gasteiger partial charge on any atom is 0.191 e. The number of rotatable bonds is 7. The zero-order valence-electron chi connectivity index (χ0n) is 14.1. The van der Waals surface area contributed by atoms with Crippen molar-refractivity contribution >= 4 is 17.3 Å². The lowest BCUT2D eigenvalue weighted by atomic mass is 9.98. The van der Waals surface area contributed by atoms with Gasteiger partial charge in [0.2, 0.25) is 0 Å². The van der Waals surface area contributed by atoms with E-state index in [2.05, 4.69) is 60.6 Å². The molecule has 0 unspecified atom stereocenters. The molecule has 1 heterocycles. The highest BCUT2D eigenvalue weighted by Gasteiger charge is 2.17. The normalized spacial score (nSPS) is 12.5. The SMILES string of the molecule is CCCCCNC(=NCc1csc(C(C)(C)C)n1)NCC. The Morgan fingerprint density at radius 3 is 2.57 bits per heavy atom. The first-order valence-electron chi connectivity index (χ1n) is 7.94. The van der Waals surface area contributed by atoms with Crippen molar-refractivity contribution in [2.75, 3.05) is 13.1 Å². The van der Waals surface area contributed by atoms with Crippen molar-refractivity contribution in [1.82, 2.24) is 15.6 Å². The van der Waals surface area contributed by atoms with E-state index in [0.29, 0.717) is 6.54 Å². The summed E-state index contributed by atoms with van der Waals surface area (Å²) < 4.78 is 0. The summed E-state index contributed by atoms with van der Waals surface area (Å²) in [4.78, 5) is 9.29. The van der Waals surface area contributed by atoms with E-state index >= 15 is 0 Å². The van der Waals surface area contributed by atoms with Crippen LogP contribution in [0.3, 0.4) is 0 Å². The van der Waals surface area contributed by atoms with Gasteiger partial charge in [0, 0.05) is 23.9 Å². The molecule has 0 saturated carbocycles. The van der Waals surface area contributed by atoms with E-state index < -0.39 is 0 Å². The van der Waals surface area contributed by atoms with Crippen LogP contribution in [0.5, 0.6) is 0 Å². The molecule has 0 spiro atoms. The fourth-order valence-electron chi connectivity index (χ4n) is 1.81. The summed E-state index contributed by atoms with van der Waals surface area (Å²) in [6, 6.07) is 0. The molecule has 0 aliphatic carbocycles. The molecule has 1 rings (SSSR count). The van der Waals surface area contributed by atoms with Crippen molar-refractivity contribution in [2.24, 2.45) is 4.99 Å². The Morgan fingerprint density at radius 2 is 2.00 bits per heavy atom. The molecule has 5 heteroatoms. The van der Waals surface area contributed by atoms with Gasteiger partial charge in [-0.1, -0.05) is 40.5 Å². The first-order valence-corrected chi connectivity index (χ1v) is 8.82. The van der Waals surface area contributed by atoms with Gasteiger partial charge in [-0.15, -0.1) is 11.3 Å². The summed E-state index contributed by atoms with van der Waals surface area (Å²) in [5.41, 5.74) is 1.17. The summed E-state index contributed by atoms with van der Waals surface area (Å²) in [7, 11) is 0. The van der Waals surface area contributed by atoms with Crippen molar-refractivity contribution in [3.8, 4) is 0 Å². The van der Waals surface area contributed by atoms with Crippen LogP contribution in [0.15, 0.2) is 10.4 Å². The number of guanidine groups is 1.